The molecule has 0 unspecified atom stereocenters. The first kappa shape index (κ1) is 21.4. The van der Waals surface area contributed by atoms with Crippen molar-refractivity contribution in [1.82, 2.24) is 9.55 Å². The Kier molecular flexibility index (Phi) is 5.39. The second-order valence-electron chi connectivity index (χ2n) is 6.91. The molecule has 0 aliphatic carbocycles. The summed E-state index contributed by atoms with van der Waals surface area (Å²) in [7, 11) is 0. The number of imidazole rings is 1. The van der Waals surface area contributed by atoms with Crippen molar-refractivity contribution in [2.45, 2.75) is 12.8 Å². The monoisotopic (exact) mass is 447 g/mol. The number of hydrogen-bond donors (Lipinski definition) is 2. The summed E-state index contributed by atoms with van der Waals surface area (Å²) < 4.78 is 68.4. The fraction of sp³-hybridized carbons (Fsp3) is 0.0909. The molecule has 32 heavy (non-hydrogen) atoms. The maximum Gasteiger partial charge on any atom is 0.450 e. The van der Waals surface area contributed by atoms with Gasteiger partial charge in [0, 0.05) is 23.0 Å². The molecule has 0 bridgehead atoms. The first-order chi connectivity index (χ1) is 15.2. The summed E-state index contributed by atoms with van der Waals surface area (Å²) in [5.41, 5.74) is 0.764. The third kappa shape index (κ3) is 4.17. The molecule has 164 valence electrons. The number of carbonyl (C=O) groups excluding carboxylic acids is 1. The van der Waals surface area contributed by atoms with Gasteiger partial charge in [-0.2, -0.15) is 13.2 Å². The van der Waals surface area contributed by atoms with Crippen LogP contribution in [0, 0.1) is 11.6 Å². The summed E-state index contributed by atoms with van der Waals surface area (Å²) in [6.07, 6.45) is -4.74. The van der Waals surface area contributed by atoms with Gasteiger partial charge < -0.3 is 10.4 Å². The Bertz CT molecular complexity index is 1290. The molecule has 5 nitrogen and oxygen atoms in total. The summed E-state index contributed by atoms with van der Waals surface area (Å²) in [5, 5.41) is 11.7. The smallest absolute Gasteiger partial charge is 0.392 e. The lowest BCUT2D eigenvalue weighted by molar-refractivity contribution is -0.145. The lowest BCUT2D eigenvalue weighted by atomic mass is 10.2. The number of rotatable bonds is 4. The van der Waals surface area contributed by atoms with E-state index < -0.39 is 29.5 Å². The number of halogens is 5. The second kappa shape index (κ2) is 8.04. The number of aliphatic hydroxyl groups excluding tert-OH is 1. The zero-order valence-electron chi connectivity index (χ0n) is 16.1. The molecule has 2 N–H and O–H groups in total. The normalized spacial score (nSPS) is 11.7. The molecule has 1 amide bonds. The molecule has 4 rings (SSSR count). The summed E-state index contributed by atoms with van der Waals surface area (Å²) in [4.78, 5) is 15.9. The highest BCUT2D eigenvalue weighted by Crippen LogP contribution is 2.34. The fourth-order valence-corrected chi connectivity index (χ4v) is 3.26. The fourth-order valence-electron chi connectivity index (χ4n) is 3.26. The number of aliphatic hydroxyl groups is 1. The second-order valence-corrected chi connectivity index (χ2v) is 6.91. The van der Waals surface area contributed by atoms with Crippen LogP contribution >= 0.6 is 0 Å². The molecule has 3 aromatic carbocycles. The number of benzene rings is 3. The molecule has 1 heterocycles. The Hall–Kier alpha value is -3.79. The van der Waals surface area contributed by atoms with Gasteiger partial charge in [-0.15, -0.1) is 0 Å². The average Bonchev–Trinajstić information content (AvgIpc) is 3.13. The van der Waals surface area contributed by atoms with E-state index in [1.54, 1.807) is 0 Å². The number of carbonyl (C=O) groups is 1. The Morgan fingerprint density at radius 3 is 2.22 bits per heavy atom. The average molecular weight is 447 g/mol. The van der Waals surface area contributed by atoms with Gasteiger partial charge in [0.15, 0.2) is 0 Å². The minimum absolute atomic E-state index is 0.0642. The third-order valence-electron chi connectivity index (χ3n) is 4.66. The maximum atomic E-state index is 13.6. The molecular formula is C22H14F5N3O2. The number of alkyl halides is 3. The number of fused-ring (bicyclic) bond motifs is 1. The van der Waals surface area contributed by atoms with E-state index in [9.17, 15) is 31.9 Å². The molecule has 0 atom stereocenters. The van der Waals surface area contributed by atoms with Crippen molar-refractivity contribution in [3.05, 3.63) is 89.2 Å². The van der Waals surface area contributed by atoms with Gasteiger partial charge in [-0.3, -0.25) is 9.36 Å². The molecule has 0 saturated heterocycles. The molecule has 0 saturated carbocycles. The zero-order chi connectivity index (χ0) is 23.0. The van der Waals surface area contributed by atoms with Crippen LogP contribution in [0.5, 0.6) is 0 Å². The number of nitrogens with one attached hydrogen (secondary N) is 1. The maximum absolute atomic E-state index is 13.6. The summed E-state index contributed by atoms with van der Waals surface area (Å²) in [5.74, 6) is -3.76. The van der Waals surface area contributed by atoms with Crippen LogP contribution in [0.25, 0.3) is 16.7 Å². The van der Waals surface area contributed by atoms with Crippen LogP contribution in [0.4, 0.5) is 27.6 Å². The van der Waals surface area contributed by atoms with Crippen LogP contribution in [0.15, 0.2) is 60.7 Å². The van der Waals surface area contributed by atoms with Gasteiger partial charge in [0.1, 0.15) is 11.6 Å². The van der Waals surface area contributed by atoms with Crippen molar-refractivity contribution in [3.63, 3.8) is 0 Å². The van der Waals surface area contributed by atoms with Gasteiger partial charge in [0.05, 0.1) is 17.6 Å². The number of anilines is 1. The summed E-state index contributed by atoms with van der Waals surface area (Å²) in [6.45, 7) is -0.340. The summed E-state index contributed by atoms with van der Waals surface area (Å²) in [6, 6.07) is 12.0. The Balaban J connectivity index is 1.69. The van der Waals surface area contributed by atoms with E-state index in [0.717, 1.165) is 16.7 Å². The predicted molar refractivity (Wildman–Crippen MR) is 106 cm³/mol. The van der Waals surface area contributed by atoms with Crippen molar-refractivity contribution in [1.29, 1.82) is 0 Å². The Morgan fingerprint density at radius 2 is 1.62 bits per heavy atom. The van der Waals surface area contributed by atoms with Crippen LogP contribution in [0.3, 0.4) is 0 Å². The van der Waals surface area contributed by atoms with E-state index in [4.69, 9.17) is 0 Å². The van der Waals surface area contributed by atoms with E-state index in [2.05, 4.69) is 10.3 Å². The quantitative estimate of drug-likeness (QED) is 0.430. The predicted octanol–water partition coefficient (Wildman–Crippen LogP) is 5.07. The molecule has 10 heteroatoms. The number of nitrogens with zero attached hydrogens (tertiary/aromatic N) is 2. The molecule has 0 aliphatic heterocycles. The molecule has 0 spiro atoms. The third-order valence-corrected chi connectivity index (χ3v) is 4.66. The summed E-state index contributed by atoms with van der Waals surface area (Å²) >= 11 is 0. The highest BCUT2D eigenvalue weighted by Gasteiger charge is 2.38. The van der Waals surface area contributed by atoms with E-state index in [0.29, 0.717) is 11.6 Å². The van der Waals surface area contributed by atoms with Crippen molar-refractivity contribution < 1.29 is 31.9 Å². The minimum atomic E-state index is -4.74. The van der Waals surface area contributed by atoms with Gasteiger partial charge >= 0.3 is 6.18 Å². The van der Waals surface area contributed by atoms with Gasteiger partial charge in [0.2, 0.25) is 5.82 Å². The van der Waals surface area contributed by atoms with Crippen LogP contribution < -0.4 is 5.32 Å². The van der Waals surface area contributed by atoms with Crippen molar-refractivity contribution in [2.24, 2.45) is 0 Å². The molecule has 0 aliphatic rings. The Morgan fingerprint density at radius 1 is 0.969 bits per heavy atom. The zero-order valence-corrected chi connectivity index (χ0v) is 16.1. The van der Waals surface area contributed by atoms with Crippen LogP contribution in [-0.4, -0.2) is 20.6 Å². The highest BCUT2D eigenvalue weighted by molar-refractivity contribution is 6.04. The number of amides is 1. The SMILES string of the molecule is O=C(Nc1ccc(-n2c(C(F)(F)F)nc3cc(CO)ccc32)cc1)c1cc(F)cc(F)c1. The van der Waals surface area contributed by atoms with Crippen molar-refractivity contribution in [3.8, 4) is 5.69 Å². The molecule has 1 aromatic heterocycles. The van der Waals surface area contributed by atoms with Crippen molar-refractivity contribution >= 4 is 22.6 Å². The number of hydrogen-bond acceptors (Lipinski definition) is 3. The molecule has 4 aromatic rings. The van der Waals surface area contributed by atoms with E-state index >= 15 is 0 Å². The lowest BCUT2D eigenvalue weighted by Crippen LogP contribution is -2.14. The van der Waals surface area contributed by atoms with Crippen molar-refractivity contribution in [2.75, 3.05) is 5.32 Å². The Labute approximate surface area is 177 Å². The van der Waals surface area contributed by atoms with Gasteiger partial charge in [-0.1, -0.05) is 6.07 Å². The molecular weight excluding hydrogens is 433 g/mol. The standard InChI is InChI=1S/C22H14F5N3O2/c23-14-8-13(9-15(24)10-14)20(32)28-16-2-4-17(5-3-16)30-19-6-1-12(11-31)7-18(19)29-21(30)22(25,26)27/h1-10,31H,11H2,(H,28,32). The van der Waals surface area contributed by atoms with E-state index in [1.807, 2.05) is 0 Å². The molecule has 0 fully saturated rings. The first-order valence-electron chi connectivity index (χ1n) is 9.23. The molecule has 0 radical (unpaired) electrons. The van der Waals surface area contributed by atoms with E-state index in [-0.39, 0.29) is 34.6 Å². The lowest BCUT2D eigenvalue weighted by Gasteiger charge is -2.12. The van der Waals surface area contributed by atoms with E-state index in [1.165, 1.54) is 42.5 Å². The van der Waals surface area contributed by atoms with Crippen LogP contribution in [0.1, 0.15) is 21.7 Å². The highest BCUT2D eigenvalue weighted by atomic mass is 19.4. The van der Waals surface area contributed by atoms with Crippen LogP contribution in [-0.2, 0) is 12.8 Å². The van der Waals surface area contributed by atoms with Gasteiger partial charge in [-0.05, 0) is 54.1 Å². The largest absolute Gasteiger partial charge is 0.450 e. The van der Waals surface area contributed by atoms with Crippen LogP contribution in [0.2, 0.25) is 0 Å². The topological polar surface area (TPSA) is 67.2 Å². The minimum Gasteiger partial charge on any atom is -0.392 e. The van der Waals surface area contributed by atoms with Gasteiger partial charge in [0.25, 0.3) is 5.91 Å². The first-order valence-corrected chi connectivity index (χ1v) is 9.23. The van der Waals surface area contributed by atoms with Gasteiger partial charge in [-0.25, -0.2) is 13.8 Å². The number of aromatic nitrogens is 2.